The number of carbonyl (C=O) groups is 2. The van der Waals surface area contributed by atoms with Crippen LogP contribution in [-0.4, -0.2) is 51.9 Å². The molecule has 10 nitrogen and oxygen atoms in total. The first-order valence-electron chi connectivity index (χ1n) is 15.9. The number of hydrogen-bond acceptors (Lipinski definition) is 7. The third-order valence-electron chi connectivity index (χ3n) is 8.63. The molecule has 4 N–H and O–H groups in total. The molecule has 1 fully saturated rings. The number of pyridine rings is 1. The second-order valence-corrected chi connectivity index (χ2v) is 12.2. The van der Waals surface area contributed by atoms with Crippen LogP contribution in [0, 0.1) is 11.6 Å². The van der Waals surface area contributed by atoms with Gasteiger partial charge in [0.2, 0.25) is 11.7 Å². The number of carbonyl (C=O) groups excluding carboxylic acids is 2. The molecule has 2 heterocycles. The third-order valence-corrected chi connectivity index (χ3v) is 8.63. The van der Waals surface area contributed by atoms with Crippen LogP contribution in [0.2, 0.25) is 0 Å². The zero-order chi connectivity index (χ0) is 37.6. The fourth-order valence-corrected chi connectivity index (χ4v) is 5.84. The topological polar surface area (TPSA) is 142 Å². The summed E-state index contributed by atoms with van der Waals surface area (Å²) in [5.74, 6) is -6.73. The van der Waals surface area contributed by atoms with Gasteiger partial charge in [-0.3, -0.25) is 9.59 Å². The van der Waals surface area contributed by atoms with E-state index in [0.29, 0.717) is 10.9 Å². The fraction of sp³-hybridized carbons (Fsp3) is 0.278. The first kappa shape index (κ1) is 36.2. The molecule has 52 heavy (non-hydrogen) atoms. The molecule has 2 aromatic heterocycles. The molecule has 16 heteroatoms. The van der Waals surface area contributed by atoms with Crippen molar-refractivity contribution in [2.45, 2.75) is 43.8 Å². The Morgan fingerprint density at radius 2 is 1.77 bits per heavy atom. The van der Waals surface area contributed by atoms with E-state index in [2.05, 4.69) is 15.4 Å². The van der Waals surface area contributed by atoms with Gasteiger partial charge in [0, 0.05) is 47.2 Å². The van der Waals surface area contributed by atoms with E-state index in [1.807, 2.05) is 0 Å². The number of methoxy groups -OCH3 is 1. The predicted octanol–water partition coefficient (Wildman–Crippen LogP) is 5.91. The number of aromatic nitrogens is 3. The highest BCUT2D eigenvalue weighted by Crippen LogP contribution is 2.46. The van der Waals surface area contributed by atoms with Crippen molar-refractivity contribution in [3.8, 4) is 22.8 Å². The van der Waals surface area contributed by atoms with Crippen LogP contribution < -0.4 is 20.5 Å². The zero-order valence-electron chi connectivity index (χ0n) is 27.7. The number of amides is 2. The average molecular weight is 728 g/mol. The molecule has 272 valence electrons. The lowest BCUT2D eigenvalue weighted by Gasteiger charge is -2.30. The smallest absolute Gasteiger partial charge is 0.419 e. The Hall–Kier alpha value is -5.64. The van der Waals surface area contributed by atoms with E-state index in [-0.39, 0.29) is 65.5 Å². The van der Waals surface area contributed by atoms with E-state index in [9.17, 15) is 36.6 Å². The van der Waals surface area contributed by atoms with Crippen LogP contribution in [0.3, 0.4) is 0 Å². The van der Waals surface area contributed by atoms with E-state index in [1.165, 1.54) is 55.2 Å². The SMILES string of the molecule is CCOc1c(CC(N)=O)cc([C@@](O)(CNC(=O)c2cc(OC)c3nn(C4(F)CC4)cc3c2)c2ccccc2)nc1-c1cc(C(F)(F)F)c(F)cc1F. The molecule has 0 radical (unpaired) electrons. The van der Waals surface area contributed by atoms with E-state index in [4.69, 9.17) is 15.2 Å². The molecule has 0 unspecified atom stereocenters. The van der Waals surface area contributed by atoms with Gasteiger partial charge in [0.25, 0.3) is 5.91 Å². The molecule has 2 amide bonds. The number of benzene rings is 3. The minimum absolute atomic E-state index is 0.0471. The molecule has 0 bridgehead atoms. The van der Waals surface area contributed by atoms with Crippen molar-refractivity contribution in [1.29, 1.82) is 0 Å². The first-order valence-corrected chi connectivity index (χ1v) is 15.9. The van der Waals surface area contributed by atoms with Gasteiger partial charge >= 0.3 is 6.18 Å². The van der Waals surface area contributed by atoms with Crippen LogP contribution >= 0.6 is 0 Å². The molecular formula is C36H31F6N5O5. The molecule has 5 aromatic rings. The van der Waals surface area contributed by atoms with Crippen molar-refractivity contribution in [1.82, 2.24) is 20.1 Å². The van der Waals surface area contributed by atoms with Gasteiger partial charge in [-0.25, -0.2) is 22.8 Å². The van der Waals surface area contributed by atoms with Crippen LogP contribution in [0.1, 0.15) is 52.5 Å². The summed E-state index contributed by atoms with van der Waals surface area (Å²) in [6, 6.07) is 12.0. The predicted molar refractivity (Wildman–Crippen MR) is 175 cm³/mol. The van der Waals surface area contributed by atoms with Crippen molar-refractivity contribution in [3.63, 3.8) is 0 Å². The molecule has 0 spiro atoms. The van der Waals surface area contributed by atoms with Crippen LogP contribution in [0.15, 0.2) is 66.9 Å². The van der Waals surface area contributed by atoms with Crippen molar-refractivity contribution < 1.29 is 50.5 Å². The maximum Gasteiger partial charge on any atom is 0.419 e. The molecule has 3 aromatic carbocycles. The van der Waals surface area contributed by atoms with Crippen molar-refractivity contribution in [2.24, 2.45) is 5.73 Å². The molecule has 0 aliphatic heterocycles. The van der Waals surface area contributed by atoms with Gasteiger partial charge in [0.05, 0.1) is 37.9 Å². The Morgan fingerprint density at radius 1 is 1.06 bits per heavy atom. The normalized spacial score (nSPS) is 14.9. The molecule has 6 rings (SSSR count). The van der Waals surface area contributed by atoms with E-state index < -0.39 is 70.8 Å². The summed E-state index contributed by atoms with van der Waals surface area (Å²) in [4.78, 5) is 30.2. The Labute approximate surface area is 292 Å². The summed E-state index contributed by atoms with van der Waals surface area (Å²) < 4.78 is 98.1. The lowest BCUT2D eigenvalue weighted by molar-refractivity contribution is -0.140. The number of fused-ring (bicyclic) bond motifs is 1. The van der Waals surface area contributed by atoms with Crippen LogP contribution in [0.5, 0.6) is 11.5 Å². The number of primary amides is 1. The molecule has 1 atom stereocenters. The number of ether oxygens (including phenoxy) is 2. The van der Waals surface area contributed by atoms with Crippen LogP contribution in [0.25, 0.3) is 22.2 Å². The Balaban J connectivity index is 1.48. The monoisotopic (exact) mass is 727 g/mol. The lowest BCUT2D eigenvalue weighted by Crippen LogP contribution is -2.42. The highest BCUT2D eigenvalue weighted by Gasteiger charge is 2.46. The molecule has 1 saturated carbocycles. The maximum absolute atomic E-state index is 15.4. The summed E-state index contributed by atoms with van der Waals surface area (Å²) in [5.41, 5.74) is 0.0346. The average Bonchev–Trinajstić information content (AvgIpc) is 3.69. The molecule has 0 saturated heterocycles. The second kappa shape index (κ2) is 13.5. The largest absolute Gasteiger partial charge is 0.494 e. The number of aliphatic hydroxyl groups is 1. The number of alkyl halides is 4. The van der Waals surface area contributed by atoms with Crippen molar-refractivity contribution >= 4 is 22.7 Å². The lowest BCUT2D eigenvalue weighted by atomic mass is 9.87. The summed E-state index contributed by atoms with van der Waals surface area (Å²) in [6.07, 6.45) is -3.79. The Bertz CT molecular complexity index is 2190. The minimum atomic E-state index is -5.23. The van der Waals surface area contributed by atoms with E-state index in [0.717, 1.165) is 0 Å². The van der Waals surface area contributed by atoms with Gasteiger partial charge in [-0.2, -0.15) is 18.3 Å². The number of nitrogens with one attached hydrogen (secondary N) is 1. The number of hydrogen-bond donors (Lipinski definition) is 3. The first-order chi connectivity index (χ1) is 24.6. The van der Waals surface area contributed by atoms with Gasteiger partial charge in [-0.05, 0) is 36.8 Å². The molecular weight excluding hydrogens is 696 g/mol. The van der Waals surface area contributed by atoms with Gasteiger partial charge in [-0.1, -0.05) is 30.3 Å². The van der Waals surface area contributed by atoms with Gasteiger partial charge in [-0.15, -0.1) is 0 Å². The Kier molecular flexibility index (Phi) is 9.38. The van der Waals surface area contributed by atoms with Crippen LogP contribution in [0.4, 0.5) is 26.3 Å². The van der Waals surface area contributed by atoms with Crippen molar-refractivity contribution in [3.05, 3.63) is 106 Å². The number of nitrogens with zero attached hydrogens (tertiary/aromatic N) is 3. The summed E-state index contributed by atoms with van der Waals surface area (Å²) in [5, 5.41) is 19.7. The summed E-state index contributed by atoms with van der Waals surface area (Å²) in [6.45, 7) is 0.772. The number of rotatable bonds is 12. The highest BCUT2D eigenvalue weighted by molar-refractivity contribution is 6.00. The van der Waals surface area contributed by atoms with E-state index >= 15 is 4.39 Å². The van der Waals surface area contributed by atoms with E-state index in [1.54, 1.807) is 18.2 Å². The summed E-state index contributed by atoms with van der Waals surface area (Å²) >= 11 is 0. The van der Waals surface area contributed by atoms with Gasteiger partial charge in [0.15, 0.2) is 0 Å². The Morgan fingerprint density at radius 3 is 2.38 bits per heavy atom. The maximum atomic E-state index is 15.4. The molecule has 1 aliphatic rings. The standard InChI is InChI=1S/C36H31F6N5O5/c1-3-52-32-19(14-29(43)48)13-28(45-31(32)23-15-24(36(40,41)42)26(38)16-25(23)37)35(50,22-7-5-4-6-8-22)18-44-33(49)20-11-21-17-47(34(39)9-10-34)46-30(21)27(12-20)51-2/h4-8,11-13,15-17,50H,3,9-10,14,18H2,1-2H3,(H2,43,48)(H,44,49)/t35-/m1/s1. The van der Waals surface area contributed by atoms with Crippen LogP contribution in [-0.2, 0) is 28.8 Å². The minimum Gasteiger partial charge on any atom is -0.494 e. The van der Waals surface area contributed by atoms with Gasteiger partial charge < -0.3 is 25.6 Å². The third kappa shape index (κ3) is 6.85. The highest BCUT2D eigenvalue weighted by atomic mass is 19.4. The quantitative estimate of drug-likeness (QED) is 0.136. The fourth-order valence-electron chi connectivity index (χ4n) is 5.84. The summed E-state index contributed by atoms with van der Waals surface area (Å²) in [7, 11) is 1.35. The van der Waals surface area contributed by atoms with Gasteiger partial charge in [0.1, 0.15) is 39.9 Å². The second-order valence-electron chi connectivity index (χ2n) is 12.2. The number of nitrogens with two attached hydrogens (primary N) is 1. The van der Waals surface area contributed by atoms with Crippen molar-refractivity contribution in [2.75, 3.05) is 20.3 Å². The molecule has 1 aliphatic carbocycles. The zero-order valence-corrected chi connectivity index (χ0v) is 27.7. The number of halogens is 6.